The van der Waals surface area contributed by atoms with Crippen LogP contribution in [0.5, 0.6) is 0 Å². The van der Waals surface area contributed by atoms with E-state index in [4.69, 9.17) is 0 Å². The number of hydrogen-bond donors (Lipinski definition) is 1. The highest BCUT2D eigenvalue weighted by Crippen LogP contribution is 2.20. The number of hydrogen-bond acceptors (Lipinski definition) is 4. The fourth-order valence-corrected chi connectivity index (χ4v) is 1.49. The number of aromatic nitrogens is 1. The van der Waals surface area contributed by atoms with Gasteiger partial charge < -0.3 is 5.32 Å². The van der Waals surface area contributed by atoms with Crippen molar-refractivity contribution in [1.82, 2.24) is 4.98 Å². The zero-order chi connectivity index (χ0) is 12.1. The Morgan fingerprint density at radius 3 is 2.62 bits per heavy atom. The number of aryl methyl sites for hydroxylation is 1. The Hall–Kier alpha value is -1.65. The first-order valence-corrected chi connectivity index (χ1v) is 5.46. The standard InChI is InChI=1S/C11H17N3O2/c1-4-9(5-2)13-11-6-10(14(15)16)8(3)7-12-11/h6-7,9H,4-5H2,1-3H3,(H,12,13). The third kappa shape index (κ3) is 2.92. The second-order valence-corrected chi connectivity index (χ2v) is 3.77. The largest absolute Gasteiger partial charge is 0.367 e. The molecule has 1 aromatic rings. The maximum Gasteiger partial charge on any atom is 0.277 e. The zero-order valence-electron chi connectivity index (χ0n) is 9.86. The van der Waals surface area contributed by atoms with Gasteiger partial charge in [0.15, 0.2) is 0 Å². The monoisotopic (exact) mass is 223 g/mol. The Kier molecular flexibility index (Phi) is 4.22. The molecule has 0 bridgehead atoms. The minimum atomic E-state index is -0.380. The van der Waals surface area contributed by atoms with Crippen LogP contribution < -0.4 is 5.32 Å². The second kappa shape index (κ2) is 5.44. The fraction of sp³-hybridized carbons (Fsp3) is 0.545. The molecule has 5 heteroatoms. The number of pyridine rings is 1. The summed E-state index contributed by atoms with van der Waals surface area (Å²) >= 11 is 0. The molecule has 0 aliphatic rings. The van der Waals surface area contributed by atoms with Crippen LogP contribution in [-0.4, -0.2) is 15.9 Å². The number of nitrogens with one attached hydrogen (secondary N) is 1. The molecule has 1 rings (SSSR count). The normalized spacial score (nSPS) is 10.5. The Bertz CT molecular complexity index is 375. The van der Waals surface area contributed by atoms with Crippen LogP contribution in [0.1, 0.15) is 32.3 Å². The Morgan fingerprint density at radius 1 is 1.50 bits per heavy atom. The molecule has 16 heavy (non-hydrogen) atoms. The second-order valence-electron chi connectivity index (χ2n) is 3.77. The summed E-state index contributed by atoms with van der Waals surface area (Å²) in [5, 5.41) is 13.9. The summed E-state index contributed by atoms with van der Waals surface area (Å²) in [6, 6.07) is 1.81. The molecular weight excluding hydrogens is 206 g/mol. The molecule has 0 fully saturated rings. The van der Waals surface area contributed by atoms with Gasteiger partial charge in [0.1, 0.15) is 5.82 Å². The van der Waals surface area contributed by atoms with Crippen molar-refractivity contribution >= 4 is 11.5 Å². The van der Waals surface area contributed by atoms with E-state index >= 15 is 0 Å². The van der Waals surface area contributed by atoms with Crippen LogP contribution >= 0.6 is 0 Å². The van der Waals surface area contributed by atoms with E-state index in [0.717, 1.165) is 12.8 Å². The van der Waals surface area contributed by atoms with Crippen molar-refractivity contribution in [2.75, 3.05) is 5.32 Å². The van der Waals surface area contributed by atoms with Crippen molar-refractivity contribution in [2.45, 2.75) is 39.7 Å². The minimum Gasteiger partial charge on any atom is -0.367 e. The predicted molar refractivity (Wildman–Crippen MR) is 63.6 cm³/mol. The van der Waals surface area contributed by atoms with E-state index in [2.05, 4.69) is 24.1 Å². The van der Waals surface area contributed by atoms with Crippen molar-refractivity contribution in [3.8, 4) is 0 Å². The lowest BCUT2D eigenvalue weighted by molar-refractivity contribution is -0.385. The molecule has 0 aliphatic carbocycles. The fourth-order valence-electron chi connectivity index (χ4n) is 1.49. The van der Waals surface area contributed by atoms with Gasteiger partial charge in [0.05, 0.1) is 11.0 Å². The SMILES string of the molecule is CCC(CC)Nc1cc([N+](=O)[O-])c(C)cn1. The first-order chi connectivity index (χ1) is 7.58. The van der Waals surface area contributed by atoms with Crippen LogP contribution in [0.15, 0.2) is 12.3 Å². The van der Waals surface area contributed by atoms with E-state index in [1.807, 2.05) is 0 Å². The highest BCUT2D eigenvalue weighted by Gasteiger charge is 2.13. The molecule has 0 radical (unpaired) electrons. The van der Waals surface area contributed by atoms with E-state index in [0.29, 0.717) is 17.4 Å². The maximum atomic E-state index is 10.7. The average Bonchev–Trinajstić information content (AvgIpc) is 2.27. The lowest BCUT2D eigenvalue weighted by atomic mass is 10.1. The number of rotatable bonds is 5. The van der Waals surface area contributed by atoms with Gasteiger partial charge >= 0.3 is 0 Å². The summed E-state index contributed by atoms with van der Waals surface area (Å²) in [6.07, 6.45) is 3.47. The highest BCUT2D eigenvalue weighted by molar-refractivity contribution is 5.49. The quantitative estimate of drug-likeness (QED) is 0.615. The van der Waals surface area contributed by atoms with Gasteiger partial charge in [-0.05, 0) is 19.8 Å². The third-order valence-electron chi connectivity index (χ3n) is 2.61. The summed E-state index contributed by atoms with van der Waals surface area (Å²) in [4.78, 5) is 14.5. The maximum absolute atomic E-state index is 10.7. The summed E-state index contributed by atoms with van der Waals surface area (Å²) in [7, 11) is 0. The van der Waals surface area contributed by atoms with Gasteiger partial charge in [0, 0.05) is 17.8 Å². The van der Waals surface area contributed by atoms with Crippen LogP contribution in [0, 0.1) is 17.0 Å². The predicted octanol–water partition coefficient (Wildman–Crippen LogP) is 2.90. The third-order valence-corrected chi connectivity index (χ3v) is 2.61. The molecule has 5 nitrogen and oxygen atoms in total. The lowest BCUT2D eigenvalue weighted by Crippen LogP contribution is -2.17. The molecular formula is C11H17N3O2. The first-order valence-electron chi connectivity index (χ1n) is 5.46. The molecule has 0 spiro atoms. The van der Waals surface area contributed by atoms with E-state index in [1.165, 1.54) is 12.3 Å². The molecule has 0 saturated heterocycles. The van der Waals surface area contributed by atoms with Gasteiger partial charge in [0.2, 0.25) is 0 Å². The topological polar surface area (TPSA) is 68.1 Å². The van der Waals surface area contributed by atoms with E-state index in [9.17, 15) is 10.1 Å². The molecule has 0 amide bonds. The smallest absolute Gasteiger partial charge is 0.277 e. The van der Waals surface area contributed by atoms with Crippen LogP contribution in [0.2, 0.25) is 0 Å². The Morgan fingerprint density at radius 2 is 2.12 bits per heavy atom. The molecule has 1 N–H and O–H groups in total. The van der Waals surface area contributed by atoms with E-state index in [-0.39, 0.29) is 10.6 Å². The molecule has 88 valence electrons. The van der Waals surface area contributed by atoms with Crippen molar-refractivity contribution in [3.63, 3.8) is 0 Å². The van der Waals surface area contributed by atoms with Gasteiger partial charge in [-0.3, -0.25) is 10.1 Å². The highest BCUT2D eigenvalue weighted by atomic mass is 16.6. The number of nitro groups is 1. The van der Waals surface area contributed by atoms with Gasteiger partial charge in [-0.15, -0.1) is 0 Å². The van der Waals surface area contributed by atoms with Gasteiger partial charge in [0.25, 0.3) is 5.69 Å². The summed E-state index contributed by atoms with van der Waals surface area (Å²) in [5.74, 6) is 0.575. The van der Waals surface area contributed by atoms with Gasteiger partial charge in [-0.2, -0.15) is 0 Å². The van der Waals surface area contributed by atoms with Crippen molar-refractivity contribution in [1.29, 1.82) is 0 Å². The molecule has 0 aromatic carbocycles. The molecule has 0 saturated carbocycles. The van der Waals surface area contributed by atoms with Gasteiger partial charge in [-0.25, -0.2) is 4.98 Å². The van der Waals surface area contributed by atoms with Crippen LogP contribution in [0.25, 0.3) is 0 Å². The molecule has 0 unspecified atom stereocenters. The Balaban J connectivity index is 2.90. The van der Waals surface area contributed by atoms with Crippen molar-refractivity contribution in [3.05, 3.63) is 27.9 Å². The van der Waals surface area contributed by atoms with Crippen LogP contribution in [-0.2, 0) is 0 Å². The molecule has 1 aromatic heterocycles. The lowest BCUT2D eigenvalue weighted by Gasteiger charge is -2.15. The average molecular weight is 223 g/mol. The van der Waals surface area contributed by atoms with Crippen molar-refractivity contribution < 1.29 is 4.92 Å². The molecule has 0 atom stereocenters. The Labute approximate surface area is 95.0 Å². The zero-order valence-corrected chi connectivity index (χ0v) is 9.86. The number of anilines is 1. The molecule has 1 heterocycles. The minimum absolute atomic E-state index is 0.114. The summed E-state index contributed by atoms with van der Waals surface area (Å²) < 4.78 is 0. The van der Waals surface area contributed by atoms with Gasteiger partial charge in [-0.1, -0.05) is 13.8 Å². The van der Waals surface area contributed by atoms with E-state index in [1.54, 1.807) is 6.92 Å². The van der Waals surface area contributed by atoms with Crippen LogP contribution in [0.4, 0.5) is 11.5 Å². The molecule has 0 aliphatic heterocycles. The van der Waals surface area contributed by atoms with E-state index < -0.39 is 0 Å². The van der Waals surface area contributed by atoms with Crippen LogP contribution in [0.3, 0.4) is 0 Å². The first kappa shape index (κ1) is 12.4. The summed E-state index contributed by atoms with van der Waals surface area (Å²) in [5.41, 5.74) is 0.698. The number of nitrogens with zero attached hydrogens (tertiary/aromatic N) is 2. The van der Waals surface area contributed by atoms with Crippen molar-refractivity contribution in [2.24, 2.45) is 0 Å². The summed E-state index contributed by atoms with van der Waals surface area (Å²) in [6.45, 7) is 5.83.